The summed E-state index contributed by atoms with van der Waals surface area (Å²) in [6.45, 7) is 8.27. The predicted octanol–water partition coefficient (Wildman–Crippen LogP) is 4.17. The zero-order valence-electron chi connectivity index (χ0n) is 15.6. The Morgan fingerprint density at radius 1 is 1.27 bits per heavy atom. The first-order valence-electron chi connectivity index (χ1n) is 8.94. The normalized spacial score (nSPS) is 11.8. The summed E-state index contributed by atoms with van der Waals surface area (Å²) in [7, 11) is 0. The molecule has 0 bridgehead atoms. The van der Waals surface area contributed by atoms with Gasteiger partial charge in [-0.1, -0.05) is 19.0 Å². The van der Waals surface area contributed by atoms with E-state index in [0.29, 0.717) is 12.5 Å². The molecule has 0 aliphatic rings. The number of hydrogen-bond donors (Lipinski definition) is 2. The molecule has 142 valence electrons. The van der Waals surface area contributed by atoms with Gasteiger partial charge < -0.3 is 15.2 Å². The van der Waals surface area contributed by atoms with E-state index < -0.39 is 0 Å². The molecule has 26 heavy (non-hydrogen) atoms. The van der Waals surface area contributed by atoms with Gasteiger partial charge in [0.15, 0.2) is 11.7 Å². The molecule has 0 atom stereocenters. The van der Waals surface area contributed by atoms with Crippen LogP contribution in [-0.2, 0) is 6.54 Å². The number of nitrogens with one attached hydrogen (secondary N) is 2. The molecule has 0 radical (unpaired) electrons. The van der Waals surface area contributed by atoms with Crippen molar-refractivity contribution in [2.75, 3.05) is 18.8 Å². The molecule has 5 nitrogen and oxygen atoms in total. The Hall–Kier alpha value is -2.02. The molecule has 7 heteroatoms. The van der Waals surface area contributed by atoms with Gasteiger partial charge in [-0.3, -0.25) is 0 Å². The molecule has 1 aromatic heterocycles. The van der Waals surface area contributed by atoms with Gasteiger partial charge in [0, 0.05) is 24.1 Å². The molecule has 2 N–H and O–H groups in total. The van der Waals surface area contributed by atoms with Crippen LogP contribution in [0.5, 0.6) is 0 Å². The van der Waals surface area contributed by atoms with Crippen molar-refractivity contribution in [1.29, 1.82) is 0 Å². The maximum Gasteiger partial charge on any atom is 0.191 e. The minimum absolute atomic E-state index is 0.199. The lowest BCUT2D eigenvalue weighted by atomic mass is 10.1. The summed E-state index contributed by atoms with van der Waals surface area (Å²) in [6.07, 6.45) is 0.978. The van der Waals surface area contributed by atoms with E-state index in [1.807, 2.05) is 25.1 Å². The Kier molecular flexibility index (Phi) is 8.47. The third-order valence-corrected chi connectivity index (χ3v) is 4.70. The maximum absolute atomic E-state index is 12.9. The van der Waals surface area contributed by atoms with E-state index in [4.69, 9.17) is 4.52 Å². The highest BCUT2D eigenvalue weighted by molar-refractivity contribution is 7.99. The molecule has 0 aliphatic heterocycles. The number of benzene rings is 1. The lowest BCUT2D eigenvalue weighted by Gasteiger charge is -2.10. The zero-order valence-corrected chi connectivity index (χ0v) is 16.4. The number of guanidine groups is 1. The van der Waals surface area contributed by atoms with Crippen LogP contribution in [0.2, 0.25) is 0 Å². The van der Waals surface area contributed by atoms with Crippen molar-refractivity contribution in [3.8, 4) is 0 Å². The van der Waals surface area contributed by atoms with Crippen molar-refractivity contribution in [1.82, 2.24) is 15.8 Å². The first-order valence-corrected chi connectivity index (χ1v) is 9.93. The van der Waals surface area contributed by atoms with Crippen molar-refractivity contribution in [2.45, 2.75) is 44.6 Å². The number of aromatic nitrogens is 1. The summed E-state index contributed by atoms with van der Waals surface area (Å²) in [5, 5.41) is 10.6. The van der Waals surface area contributed by atoms with Crippen LogP contribution in [-0.4, -0.2) is 30.0 Å². The Balaban J connectivity index is 1.73. The van der Waals surface area contributed by atoms with E-state index >= 15 is 0 Å². The van der Waals surface area contributed by atoms with Crippen LogP contribution in [0.25, 0.3) is 0 Å². The average Bonchev–Trinajstić information content (AvgIpc) is 3.10. The predicted molar refractivity (Wildman–Crippen MR) is 105 cm³/mol. The lowest BCUT2D eigenvalue weighted by Crippen LogP contribution is -2.37. The summed E-state index contributed by atoms with van der Waals surface area (Å²) in [5.41, 5.74) is 0.950. The highest BCUT2D eigenvalue weighted by Gasteiger charge is 2.07. The topological polar surface area (TPSA) is 62.5 Å². The molecule has 1 aromatic carbocycles. The van der Waals surface area contributed by atoms with Gasteiger partial charge in [0.1, 0.15) is 12.4 Å². The minimum Gasteiger partial charge on any atom is -0.359 e. The average molecular weight is 379 g/mol. The molecular formula is C19H27FN4OS. The van der Waals surface area contributed by atoms with Crippen LogP contribution in [0.15, 0.2) is 44.7 Å². The molecule has 0 fully saturated rings. The monoisotopic (exact) mass is 378 g/mol. The van der Waals surface area contributed by atoms with Crippen molar-refractivity contribution < 1.29 is 8.91 Å². The SMILES string of the molecule is CCNC(=NCc1cc(C(C)C)no1)NCCCSc1ccc(F)cc1. The van der Waals surface area contributed by atoms with Crippen molar-refractivity contribution in [3.05, 3.63) is 47.6 Å². The Morgan fingerprint density at radius 3 is 2.69 bits per heavy atom. The van der Waals surface area contributed by atoms with Gasteiger partial charge in [-0.05, 0) is 49.3 Å². The number of nitrogens with zero attached hydrogens (tertiary/aromatic N) is 2. The minimum atomic E-state index is -0.199. The standard InChI is InChI=1S/C19H27FN4OS/c1-4-21-19(23-13-16-12-18(14(2)3)24-25-16)22-10-5-11-26-17-8-6-15(20)7-9-17/h6-9,12,14H,4-5,10-11,13H2,1-3H3,(H2,21,22,23). The second-order valence-electron chi connectivity index (χ2n) is 6.15. The molecule has 0 saturated heterocycles. The largest absolute Gasteiger partial charge is 0.359 e. The fraction of sp³-hybridized carbons (Fsp3) is 0.474. The van der Waals surface area contributed by atoms with E-state index in [1.165, 1.54) is 12.1 Å². The van der Waals surface area contributed by atoms with Gasteiger partial charge in [0.05, 0.1) is 5.69 Å². The Morgan fingerprint density at radius 2 is 2.04 bits per heavy atom. The Bertz CT molecular complexity index is 685. The van der Waals surface area contributed by atoms with Gasteiger partial charge in [-0.2, -0.15) is 0 Å². The second-order valence-corrected chi connectivity index (χ2v) is 7.32. The van der Waals surface area contributed by atoms with E-state index in [1.54, 1.807) is 11.8 Å². The molecule has 0 amide bonds. The molecular weight excluding hydrogens is 351 g/mol. The summed E-state index contributed by atoms with van der Waals surface area (Å²) in [4.78, 5) is 5.62. The van der Waals surface area contributed by atoms with Crippen molar-refractivity contribution >= 4 is 17.7 Å². The van der Waals surface area contributed by atoms with E-state index in [2.05, 4.69) is 34.6 Å². The maximum atomic E-state index is 12.9. The van der Waals surface area contributed by atoms with Crippen molar-refractivity contribution in [2.24, 2.45) is 4.99 Å². The first kappa shape index (κ1) is 20.3. The summed E-state index contributed by atoms with van der Waals surface area (Å²) < 4.78 is 18.2. The van der Waals surface area contributed by atoms with Crippen LogP contribution in [0, 0.1) is 5.82 Å². The summed E-state index contributed by atoms with van der Waals surface area (Å²) in [5.74, 6) is 2.63. The quantitative estimate of drug-likeness (QED) is 0.297. The third kappa shape index (κ3) is 7.07. The van der Waals surface area contributed by atoms with Crippen LogP contribution in [0.4, 0.5) is 4.39 Å². The second kappa shape index (κ2) is 10.9. The number of halogens is 1. The van der Waals surface area contributed by atoms with Gasteiger partial charge in [-0.15, -0.1) is 11.8 Å². The van der Waals surface area contributed by atoms with Crippen LogP contribution < -0.4 is 10.6 Å². The smallest absolute Gasteiger partial charge is 0.191 e. The van der Waals surface area contributed by atoms with Gasteiger partial charge in [-0.25, -0.2) is 9.38 Å². The highest BCUT2D eigenvalue weighted by Crippen LogP contribution is 2.18. The van der Waals surface area contributed by atoms with Crippen LogP contribution in [0.3, 0.4) is 0 Å². The number of hydrogen-bond acceptors (Lipinski definition) is 4. The molecule has 0 saturated carbocycles. The molecule has 0 spiro atoms. The summed E-state index contributed by atoms with van der Waals surface area (Å²) in [6, 6.07) is 8.55. The molecule has 0 aliphatic carbocycles. The van der Waals surface area contributed by atoms with Gasteiger partial charge >= 0.3 is 0 Å². The van der Waals surface area contributed by atoms with Gasteiger partial charge in [0.2, 0.25) is 0 Å². The number of aliphatic imine (C=N–C) groups is 1. The Labute approximate surface area is 158 Å². The van der Waals surface area contributed by atoms with Crippen LogP contribution >= 0.6 is 11.8 Å². The number of thioether (sulfide) groups is 1. The van der Waals surface area contributed by atoms with E-state index in [9.17, 15) is 4.39 Å². The van der Waals surface area contributed by atoms with Gasteiger partial charge in [0.25, 0.3) is 0 Å². The fourth-order valence-electron chi connectivity index (χ4n) is 2.17. The molecule has 0 unspecified atom stereocenters. The fourth-order valence-corrected chi connectivity index (χ4v) is 3.03. The van der Waals surface area contributed by atoms with Crippen molar-refractivity contribution in [3.63, 3.8) is 0 Å². The molecule has 1 heterocycles. The zero-order chi connectivity index (χ0) is 18.8. The third-order valence-electron chi connectivity index (χ3n) is 3.60. The lowest BCUT2D eigenvalue weighted by molar-refractivity contribution is 0.376. The number of rotatable bonds is 9. The van der Waals surface area contributed by atoms with E-state index in [-0.39, 0.29) is 5.82 Å². The molecule has 2 rings (SSSR count). The van der Waals surface area contributed by atoms with E-state index in [0.717, 1.165) is 47.6 Å². The first-order chi connectivity index (χ1) is 12.6. The summed E-state index contributed by atoms with van der Waals surface area (Å²) >= 11 is 1.72. The van der Waals surface area contributed by atoms with Crippen LogP contribution in [0.1, 0.15) is 44.6 Å². The highest BCUT2D eigenvalue weighted by atomic mass is 32.2. The molecule has 2 aromatic rings.